The van der Waals surface area contributed by atoms with Crippen molar-refractivity contribution < 1.29 is 9.72 Å². The summed E-state index contributed by atoms with van der Waals surface area (Å²) in [6.45, 7) is 0. The summed E-state index contributed by atoms with van der Waals surface area (Å²) in [6.07, 6.45) is 3.37. The molecule has 1 fully saturated rings. The van der Waals surface area contributed by atoms with Crippen molar-refractivity contribution in [1.29, 1.82) is 0 Å². The van der Waals surface area contributed by atoms with Crippen LogP contribution in [0.25, 0.3) is 0 Å². The lowest BCUT2D eigenvalue weighted by Gasteiger charge is -2.34. The zero-order valence-corrected chi connectivity index (χ0v) is 15.2. The molecular weight excluding hydrogens is 384 g/mol. The predicted octanol–water partition coefficient (Wildman–Crippen LogP) is 4.56. The van der Waals surface area contributed by atoms with Gasteiger partial charge in [-0.3, -0.25) is 14.9 Å². The zero-order valence-electron chi connectivity index (χ0n) is 13.7. The lowest BCUT2D eigenvalue weighted by atomic mass is 9.77. The predicted molar refractivity (Wildman–Crippen MR) is 99.2 cm³/mol. The molecule has 0 aliphatic heterocycles. The third-order valence-electron chi connectivity index (χ3n) is 4.71. The minimum absolute atomic E-state index is 0.0108. The molecule has 0 bridgehead atoms. The van der Waals surface area contributed by atoms with E-state index >= 15 is 0 Å². The van der Waals surface area contributed by atoms with Gasteiger partial charge in [-0.2, -0.15) is 0 Å². The van der Waals surface area contributed by atoms with Crippen LogP contribution >= 0.6 is 15.9 Å². The number of halogens is 1. The van der Waals surface area contributed by atoms with Gasteiger partial charge in [-0.05, 0) is 36.5 Å². The van der Waals surface area contributed by atoms with Crippen molar-refractivity contribution >= 4 is 27.5 Å². The SMILES string of the molecule is O=C(Cc1ccccc1[N+](=O)[O-])NC(c1ccc(Br)cc1)C1CCC1. The summed E-state index contributed by atoms with van der Waals surface area (Å²) >= 11 is 3.43. The van der Waals surface area contributed by atoms with E-state index in [2.05, 4.69) is 21.2 Å². The summed E-state index contributed by atoms with van der Waals surface area (Å²) in [5.41, 5.74) is 1.50. The Morgan fingerprint density at radius 3 is 2.48 bits per heavy atom. The monoisotopic (exact) mass is 402 g/mol. The average molecular weight is 403 g/mol. The Balaban J connectivity index is 1.75. The van der Waals surface area contributed by atoms with Gasteiger partial charge in [0.1, 0.15) is 0 Å². The topological polar surface area (TPSA) is 72.2 Å². The molecule has 1 aliphatic rings. The molecule has 1 saturated carbocycles. The Morgan fingerprint density at radius 2 is 1.88 bits per heavy atom. The van der Waals surface area contributed by atoms with Crippen molar-refractivity contribution in [1.82, 2.24) is 5.32 Å². The Kier molecular flexibility index (Phi) is 5.48. The molecule has 3 rings (SSSR count). The van der Waals surface area contributed by atoms with Gasteiger partial charge in [0.2, 0.25) is 5.91 Å². The fourth-order valence-electron chi connectivity index (χ4n) is 3.15. The van der Waals surface area contributed by atoms with Crippen LogP contribution in [0, 0.1) is 16.0 Å². The van der Waals surface area contributed by atoms with Gasteiger partial charge in [0, 0.05) is 16.1 Å². The maximum absolute atomic E-state index is 12.5. The van der Waals surface area contributed by atoms with Crippen LogP contribution in [0.4, 0.5) is 5.69 Å². The number of amides is 1. The number of nitro groups is 1. The molecule has 1 atom stereocenters. The van der Waals surface area contributed by atoms with E-state index in [0.717, 1.165) is 22.9 Å². The van der Waals surface area contributed by atoms with E-state index in [0.29, 0.717) is 11.5 Å². The van der Waals surface area contributed by atoms with Gasteiger partial charge in [0.15, 0.2) is 0 Å². The number of rotatable bonds is 6. The van der Waals surface area contributed by atoms with Crippen molar-refractivity contribution in [2.45, 2.75) is 31.7 Å². The molecule has 1 amide bonds. The van der Waals surface area contributed by atoms with Gasteiger partial charge in [-0.15, -0.1) is 0 Å². The van der Waals surface area contributed by atoms with Crippen molar-refractivity contribution in [3.8, 4) is 0 Å². The Bertz CT molecular complexity index is 772. The molecule has 5 nitrogen and oxygen atoms in total. The summed E-state index contributed by atoms with van der Waals surface area (Å²) in [4.78, 5) is 23.2. The number of benzene rings is 2. The highest BCUT2D eigenvalue weighted by Crippen LogP contribution is 2.38. The highest BCUT2D eigenvalue weighted by Gasteiger charge is 2.30. The molecule has 1 unspecified atom stereocenters. The fourth-order valence-corrected chi connectivity index (χ4v) is 3.42. The van der Waals surface area contributed by atoms with E-state index in [1.54, 1.807) is 18.2 Å². The second-order valence-corrected chi connectivity index (χ2v) is 7.27. The maximum atomic E-state index is 12.5. The van der Waals surface area contributed by atoms with Gasteiger partial charge in [0.05, 0.1) is 17.4 Å². The quantitative estimate of drug-likeness (QED) is 0.568. The first-order valence-electron chi connectivity index (χ1n) is 8.31. The van der Waals surface area contributed by atoms with Crippen molar-refractivity contribution in [2.24, 2.45) is 5.92 Å². The second kappa shape index (κ2) is 7.78. The summed E-state index contributed by atoms with van der Waals surface area (Å²) in [6, 6.07) is 14.3. The standard InChI is InChI=1S/C19H19BrN2O3/c20-16-10-8-14(9-11-16)19(13-5-3-6-13)21-18(23)12-15-4-1-2-7-17(15)22(24)25/h1-2,4,7-11,13,19H,3,5-6,12H2,(H,21,23). The molecule has 0 spiro atoms. The minimum atomic E-state index is -0.444. The smallest absolute Gasteiger partial charge is 0.273 e. The Morgan fingerprint density at radius 1 is 1.20 bits per heavy atom. The molecule has 0 aromatic heterocycles. The largest absolute Gasteiger partial charge is 0.349 e. The fraction of sp³-hybridized carbons (Fsp3) is 0.316. The van der Waals surface area contributed by atoms with Gasteiger partial charge in [-0.25, -0.2) is 0 Å². The van der Waals surface area contributed by atoms with Crippen LogP contribution in [-0.4, -0.2) is 10.8 Å². The number of nitrogens with one attached hydrogen (secondary N) is 1. The first-order valence-corrected chi connectivity index (χ1v) is 9.11. The number of nitro benzene ring substituents is 1. The maximum Gasteiger partial charge on any atom is 0.273 e. The number of nitrogens with zero attached hydrogens (tertiary/aromatic N) is 1. The van der Waals surface area contributed by atoms with Crippen LogP contribution in [0.1, 0.15) is 36.4 Å². The highest BCUT2D eigenvalue weighted by molar-refractivity contribution is 9.10. The third kappa shape index (κ3) is 4.25. The van der Waals surface area contributed by atoms with E-state index in [1.807, 2.05) is 24.3 Å². The normalized spacial score (nSPS) is 15.2. The summed E-state index contributed by atoms with van der Waals surface area (Å²) in [5.74, 6) is 0.241. The highest BCUT2D eigenvalue weighted by atomic mass is 79.9. The van der Waals surface area contributed by atoms with E-state index in [1.165, 1.54) is 12.5 Å². The third-order valence-corrected chi connectivity index (χ3v) is 5.23. The first kappa shape index (κ1) is 17.6. The van der Waals surface area contributed by atoms with Crippen LogP contribution in [0.2, 0.25) is 0 Å². The first-order chi connectivity index (χ1) is 12.0. The van der Waals surface area contributed by atoms with E-state index in [4.69, 9.17) is 0 Å². The average Bonchev–Trinajstić information content (AvgIpc) is 2.53. The Hall–Kier alpha value is -2.21. The number of hydrogen-bond acceptors (Lipinski definition) is 3. The molecule has 2 aromatic carbocycles. The lowest BCUT2D eigenvalue weighted by Crippen LogP contribution is -2.37. The van der Waals surface area contributed by atoms with Gasteiger partial charge in [-0.1, -0.05) is 52.7 Å². The van der Waals surface area contributed by atoms with Crippen LogP contribution in [0.15, 0.2) is 53.0 Å². The number of para-hydroxylation sites is 1. The number of hydrogen-bond donors (Lipinski definition) is 1. The van der Waals surface area contributed by atoms with Crippen molar-refractivity contribution in [3.05, 3.63) is 74.2 Å². The molecule has 6 heteroatoms. The molecule has 130 valence electrons. The van der Waals surface area contributed by atoms with Gasteiger partial charge >= 0.3 is 0 Å². The van der Waals surface area contributed by atoms with Crippen LogP contribution in [0.3, 0.4) is 0 Å². The molecular formula is C19H19BrN2O3. The summed E-state index contributed by atoms with van der Waals surface area (Å²) < 4.78 is 0.995. The van der Waals surface area contributed by atoms with Gasteiger partial charge < -0.3 is 5.32 Å². The lowest BCUT2D eigenvalue weighted by molar-refractivity contribution is -0.385. The molecule has 25 heavy (non-hydrogen) atoms. The summed E-state index contributed by atoms with van der Waals surface area (Å²) in [7, 11) is 0. The van der Waals surface area contributed by atoms with Gasteiger partial charge in [0.25, 0.3) is 5.69 Å². The van der Waals surface area contributed by atoms with E-state index < -0.39 is 4.92 Å². The van der Waals surface area contributed by atoms with Crippen molar-refractivity contribution in [2.75, 3.05) is 0 Å². The van der Waals surface area contributed by atoms with E-state index in [-0.39, 0.29) is 24.1 Å². The minimum Gasteiger partial charge on any atom is -0.349 e. The Labute approximate surface area is 154 Å². The molecule has 0 saturated heterocycles. The van der Waals surface area contributed by atoms with E-state index in [9.17, 15) is 14.9 Å². The molecule has 0 radical (unpaired) electrons. The second-order valence-electron chi connectivity index (χ2n) is 6.35. The molecule has 0 heterocycles. The number of carbonyl (C=O) groups is 1. The molecule has 2 aromatic rings. The van der Waals surface area contributed by atoms with Crippen molar-refractivity contribution in [3.63, 3.8) is 0 Å². The van der Waals surface area contributed by atoms with Crippen LogP contribution in [0.5, 0.6) is 0 Å². The van der Waals surface area contributed by atoms with Crippen LogP contribution < -0.4 is 5.32 Å². The molecule has 1 N–H and O–H groups in total. The summed E-state index contributed by atoms with van der Waals surface area (Å²) in [5, 5.41) is 14.2. The molecule has 1 aliphatic carbocycles. The zero-order chi connectivity index (χ0) is 17.8. The number of carbonyl (C=O) groups excluding carboxylic acids is 1. The van der Waals surface area contributed by atoms with Crippen LogP contribution in [-0.2, 0) is 11.2 Å².